The number of hydrogen-bond donors (Lipinski definition) is 1. The molecule has 7 heteroatoms. The third-order valence-corrected chi connectivity index (χ3v) is 4.25. The zero-order valence-electron chi connectivity index (χ0n) is 13.3. The fourth-order valence-electron chi connectivity index (χ4n) is 2.25. The van der Waals surface area contributed by atoms with E-state index in [1.807, 2.05) is 43.3 Å². The zero-order valence-corrected chi connectivity index (χ0v) is 14.1. The molecule has 2 aromatic heterocycles. The van der Waals surface area contributed by atoms with Crippen molar-refractivity contribution >= 4 is 23.2 Å². The van der Waals surface area contributed by atoms with Gasteiger partial charge in [-0.3, -0.25) is 0 Å². The van der Waals surface area contributed by atoms with E-state index in [0.717, 1.165) is 5.56 Å². The molecule has 6 nitrogen and oxygen atoms in total. The second-order valence-electron chi connectivity index (χ2n) is 4.95. The topological polar surface area (TPSA) is 75.2 Å². The van der Waals surface area contributed by atoms with Crippen LogP contribution in [0.4, 0.5) is 5.82 Å². The Hall–Kier alpha value is -2.56. The SMILES string of the molecule is CCOCSc1nc2ccnn2c(NCc2ccccc2)c1C#N. The van der Waals surface area contributed by atoms with Crippen molar-refractivity contribution < 1.29 is 4.74 Å². The fourth-order valence-corrected chi connectivity index (χ4v) is 3.06. The lowest BCUT2D eigenvalue weighted by molar-refractivity contribution is 0.199. The van der Waals surface area contributed by atoms with Crippen LogP contribution < -0.4 is 5.32 Å². The van der Waals surface area contributed by atoms with E-state index >= 15 is 0 Å². The number of aromatic nitrogens is 3. The molecule has 3 aromatic rings. The predicted octanol–water partition coefficient (Wildman–Crippen LogP) is 3.30. The van der Waals surface area contributed by atoms with Crippen LogP contribution in [0.5, 0.6) is 0 Å². The Kier molecular flexibility index (Phi) is 5.31. The summed E-state index contributed by atoms with van der Waals surface area (Å²) in [6.07, 6.45) is 1.67. The highest BCUT2D eigenvalue weighted by Crippen LogP contribution is 2.27. The highest BCUT2D eigenvalue weighted by Gasteiger charge is 2.16. The third-order valence-electron chi connectivity index (χ3n) is 3.40. The van der Waals surface area contributed by atoms with Crippen molar-refractivity contribution in [2.24, 2.45) is 0 Å². The van der Waals surface area contributed by atoms with Gasteiger partial charge in [-0.1, -0.05) is 42.1 Å². The maximum atomic E-state index is 9.62. The van der Waals surface area contributed by atoms with Gasteiger partial charge < -0.3 is 10.1 Å². The first-order valence-electron chi connectivity index (χ1n) is 7.59. The summed E-state index contributed by atoms with van der Waals surface area (Å²) in [5, 5.41) is 17.9. The standard InChI is InChI=1S/C17H17N5OS/c1-2-23-12-24-17-14(10-18)16(22-15(21-17)8-9-20-22)19-11-13-6-4-3-5-7-13/h3-9,19H,2,11-12H2,1H3. The number of thioether (sulfide) groups is 1. The predicted molar refractivity (Wildman–Crippen MR) is 93.8 cm³/mol. The average Bonchev–Trinajstić information content (AvgIpc) is 3.08. The minimum atomic E-state index is 0.459. The lowest BCUT2D eigenvalue weighted by Gasteiger charge is -2.13. The molecular weight excluding hydrogens is 322 g/mol. The number of nitrogens with zero attached hydrogens (tertiary/aromatic N) is 4. The maximum Gasteiger partial charge on any atom is 0.158 e. The van der Waals surface area contributed by atoms with Crippen LogP contribution in [0, 0.1) is 11.3 Å². The van der Waals surface area contributed by atoms with Gasteiger partial charge in [0.25, 0.3) is 0 Å². The van der Waals surface area contributed by atoms with Crippen LogP contribution in [0.3, 0.4) is 0 Å². The molecule has 0 amide bonds. The minimum Gasteiger partial charge on any atom is -0.371 e. The molecule has 24 heavy (non-hydrogen) atoms. The van der Waals surface area contributed by atoms with Crippen LogP contribution in [0.15, 0.2) is 47.6 Å². The lowest BCUT2D eigenvalue weighted by atomic mass is 10.2. The number of nitriles is 1. The Morgan fingerprint density at radius 1 is 1.29 bits per heavy atom. The average molecular weight is 339 g/mol. The van der Waals surface area contributed by atoms with Crippen molar-refractivity contribution in [1.82, 2.24) is 14.6 Å². The summed E-state index contributed by atoms with van der Waals surface area (Å²) in [7, 11) is 0. The van der Waals surface area contributed by atoms with Crippen LogP contribution in [0.1, 0.15) is 18.1 Å². The minimum absolute atomic E-state index is 0.459. The highest BCUT2D eigenvalue weighted by atomic mass is 32.2. The Labute approximate surface area is 144 Å². The van der Waals surface area contributed by atoms with Crippen molar-refractivity contribution in [1.29, 1.82) is 5.26 Å². The Bertz CT molecular complexity index is 857. The molecule has 0 saturated heterocycles. The number of rotatable bonds is 7. The molecule has 1 N–H and O–H groups in total. The first kappa shape index (κ1) is 16.3. The number of hydrogen-bond acceptors (Lipinski definition) is 6. The third kappa shape index (κ3) is 3.50. The Balaban J connectivity index is 1.94. The number of benzene rings is 1. The fraction of sp³-hybridized carbons (Fsp3) is 0.235. The molecule has 3 rings (SSSR count). The van der Waals surface area contributed by atoms with Crippen molar-refractivity contribution in [3.8, 4) is 6.07 Å². The van der Waals surface area contributed by atoms with E-state index in [-0.39, 0.29) is 0 Å². The zero-order chi connectivity index (χ0) is 16.8. The first-order valence-corrected chi connectivity index (χ1v) is 8.58. The molecule has 0 aliphatic carbocycles. The van der Waals surface area contributed by atoms with E-state index in [1.54, 1.807) is 10.7 Å². The van der Waals surface area contributed by atoms with Gasteiger partial charge >= 0.3 is 0 Å². The van der Waals surface area contributed by atoms with E-state index < -0.39 is 0 Å². The van der Waals surface area contributed by atoms with E-state index in [1.165, 1.54) is 11.8 Å². The van der Waals surface area contributed by atoms with Crippen LogP contribution in [0.25, 0.3) is 5.65 Å². The molecule has 0 spiro atoms. The van der Waals surface area contributed by atoms with Gasteiger partial charge in [0.1, 0.15) is 16.7 Å². The second kappa shape index (κ2) is 7.81. The summed E-state index contributed by atoms with van der Waals surface area (Å²) in [6, 6.07) is 14.1. The summed E-state index contributed by atoms with van der Waals surface area (Å²) in [4.78, 5) is 4.51. The Morgan fingerprint density at radius 3 is 2.88 bits per heavy atom. The van der Waals surface area contributed by atoms with Gasteiger partial charge in [0.2, 0.25) is 0 Å². The molecule has 1 aromatic carbocycles. The molecule has 0 bridgehead atoms. The lowest BCUT2D eigenvalue weighted by Crippen LogP contribution is -2.10. The van der Waals surface area contributed by atoms with E-state index in [0.29, 0.717) is 41.1 Å². The largest absolute Gasteiger partial charge is 0.371 e. The van der Waals surface area contributed by atoms with Gasteiger partial charge in [-0.05, 0) is 12.5 Å². The highest BCUT2D eigenvalue weighted by molar-refractivity contribution is 7.99. The molecule has 0 unspecified atom stereocenters. The molecule has 0 aliphatic heterocycles. The molecule has 0 fully saturated rings. The molecule has 0 radical (unpaired) electrons. The van der Waals surface area contributed by atoms with Crippen LogP contribution in [-0.4, -0.2) is 27.1 Å². The number of nitrogens with one attached hydrogen (secondary N) is 1. The molecule has 2 heterocycles. The Morgan fingerprint density at radius 2 is 2.12 bits per heavy atom. The smallest absolute Gasteiger partial charge is 0.158 e. The van der Waals surface area contributed by atoms with Crippen molar-refractivity contribution in [2.45, 2.75) is 18.5 Å². The van der Waals surface area contributed by atoms with Crippen LogP contribution in [0.2, 0.25) is 0 Å². The van der Waals surface area contributed by atoms with Gasteiger partial charge in [0.15, 0.2) is 11.5 Å². The monoisotopic (exact) mass is 339 g/mol. The summed E-state index contributed by atoms with van der Waals surface area (Å²) >= 11 is 1.41. The van der Waals surface area contributed by atoms with E-state index in [4.69, 9.17) is 4.74 Å². The maximum absolute atomic E-state index is 9.62. The van der Waals surface area contributed by atoms with Gasteiger partial charge in [-0.25, -0.2) is 4.98 Å². The normalized spacial score (nSPS) is 10.7. The quantitative estimate of drug-likeness (QED) is 0.308. The molecule has 0 atom stereocenters. The van der Waals surface area contributed by atoms with Crippen molar-refractivity contribution in [2.75, 3.05) is 17.9 Å². The van der Waals surface area contributed by atoms with E-state index in [9.17, 15) is 5.26 Å². The number of fused-ring (bicyclic) bond motifs is 1. The van der Waals surface area contributed by atoms with E-state index in [2.05, 4.69) is 21.5 Å². The summed E-state index contributed by atoms with van der Waals surface area (Å²) in [5.74, 6) is 1.11. The van der Waals surface area contributed by atoms with Gasteiger partial charge in [-0.2, -0.15) is 14.9 Å². The van der Waals surface area contributed by atoms with Crippen LogP contribution in [-0.2, 0) is 11.3 Å². The van der Waals surface area contributed by atoms with Crippen LogP contribution >= 0.6 is 11.8 Å². The number of anilines is 1. The summed E-state index contributed by atoms with van der Waals surface area (Å²) in [5.41, 5.74) is 2.30. The van der Waals surface area contributed by atoms with Crippen molar-refractivity contribution in [3.63, 3.8) is 0 Å². The number of ether oxygens (including phenoxy) is 1. The van der Waals surface area contributed by atoms with Gasteiger partial charge in [0.05, 0.1) is 12.1 Å². The van der Waals surface area contributed by atoms with Gasteiger partial charge in [-0.15, -0.1) is 0 Å². The molecular formula is C17H17N5OS. The summed E-state index contributed by atoms with van der Waals surface area (Å²) < 4.78 is 7.03. The molecule has 0 saturated carbocycles. The molecule has 122 valence electrons. The van der Waals surface area contributed by atoms with Gasteiger partial charge in [0, 0.05) is 19.2 Å². The van der Waals surface area contributed by atoms with Crippen molar-refractivity contribution in [3.05, 3.63) is 53.7 Å². The molecule has 0 aliphatic rings. The summed E-state index contributed by atoms with van der Waals surface area (Å²) in [6.45, 7) is 3.17. The first-order chi connectivity index (χ1) is 11.8. The second-order valence-corrected chi connectivity index (χ2v) is 5.86.